The van der Waals surface area contributed by atoms with Crippen LogP contribution < -0.4 is 10.1 Å². The molecule has 1 aliphatic heterocycles. The van der Waals surface area contributed by atoms with Gasteiger partial charge in [-0.2, -0.15) is 0 Å². The lowest BCUT2D eigenvalue weighted by Gasteiger charge is -2.32. The summed E-state index contributed by atoms with van der Waals surface area (Å²) in [6.07, 6.45) is 1.54. The molecule has 1 aliphatic rings. The molecule has 6 heteroatoms. The summed E-state index contributed by atoms with van der Waals surface area (Å²) >= 11 is 5.84. The van der Waals surface area contributed by atoms with E-state index in [4.69, 9.17) is 16.3 Å². The molecule has 0 spiro atoms. The number of hydrogen-bond donors (Lipinski definition) is 1. The second-order valence-corrected chi connectivity index (χ2v) is 9.56. The molecule has 32 heavy (non-hydrogen) atoms. The van der Waals surface area contributed by atoms with E-state index in [9.17, 15) is 9.18 Å². The van der Waals surface area contributed by atoms with Crippen LogP contribution in [0.15, 0.2) is 30.3 Å². The van der Waals surface area contributed by atoms with Crippen molar-refractivity contribution >= 4 is 17.5 Å². The van der Waals surface area contributed by atoms with Crippen molar-refractivity contribution in [3.63, 3.8) is 0 Å². The summed E-state index contributed by atoms with van der Waals surface area (Å²) in [5.41, 5.74) is 4.02. The average molecular weight is 461 g/mol. The van der Waals surface area contributed by atoms with Gasteiger partial charge in [0, 0.05) is 23.0 Å². The quantitative estimate of drug-likeness (QED) is 0.550. The second-order valence-electron chi connectivity index (χ2n) is 9.12. The van der Waals surface area contributed by atoms with Crippen molar-refractivity contribution in [2.24, 2.45) is 5.92 Å². The van der Waals surface area contributed by atoms with Gasteiger partial charge in [0.2, 0.25) is 5.91 Å². The Labute approximate surface area is 196 Å². The highest BCUT2D eigenvalue weighted by molar-refractivity contribution is 6.30. The molecular formula is C26H34ClFN2O2. The maximum atomic E-state index is 14.1. The molecule has 0 aliphatic carbocycles. The predicted molar refractivity (Wildman–Crippen MR) is 128 cm³/mol. The summed E-state index contributed by atoms with van der Waals surface area (Å²) < 4.78 is 19.6. The van der Waals surface area contributed by atoms with Gasteiger partial charge in [-0.15, -0.1) is 0 Å². The van der Waals surface area contributed by atoms with Gasteiger partial charge in [-0.05, 0) is 86.7 Å². The Morgan fingerprint density at radius 3 is 2.47 bits per heavy atom. The van der Waals surface area contributed by atoms with Crippen LogP contribution in [0.5, 0.6) is 5.75 Å². The van der Waals surface area contributed by atoms with E-state index in [-0.39, 0.29) is 23.7 Å². The number of ether oxygens (including phenoxy) is 1. The number of methoxy groups -OCH3 is 1. The van der Waals surface area contributed by atoms with Crippen LogP contribution in [0.4, 0.5) is 4.39 Å². The number of nitrogens with zero attached hydrogens (tertiary/aromatic N) is 1. The van der Waals surface area contributed by atoms with Crippen molar-refractivity contribution in [1.29, 1.82) is 0 Å². The summed E-state index contributed by atoms with van der Waals surface area (Å²) in [7, 11) is 1.69. The minimum absolute atomic E-state index is 0.0214. The lowest BCUT2D eigenvalue weighted by Crippen LogP contribution is -2.41. The maximum Gasteiger partial charge on any atom is 0.223 e. The molecule has 0 bridgehead atoms. The molecular weight excluding hydrogens is 427 g/mol. The zero-order valence-corrected chi connectivity index (χ0v) is 20.4. The van der Waals surface area contributed by atoms with Crippen LogP contribution in [0.2, 0.25) is 5.02 Å². The van der Waals surface area contributed by atoms with Crippen LogP contribution in [0.25, 0.3) is 0 Å². The molecule has 1 fully saturated rings. The van der Waals surface area contributed by atoms with Crippen LogP contribution in [-0.4, -0.2) is 31.0 Å². The molecule has 1 amide bonds. The van der Waals surface area contributed by atoms with Gasteiger partial charge in [-0.3, -0.25) is 9.69 Å². The zero-order chi connectivity index (χ0) is 23.4. The smallest absolute Gasteiger partial charge is 0.223 e. The topological polar surface area (TPSA) is 41.6 Å². The van der Waals surface area contributed by atoms with Crippen molar-refractivity contribution in [3.8, 4) is 5.75 Å². The molecule has 0 radical (unpaired) electrons. The molecule has 1 heterocycles. The summed E-state index contributed by atoms with van der Waals surface area (Å²) in [4.78, 5) is 15.2. The molecule has 4 nitrogen and oxygen atoms in total. The third kappa shape index (κ3) is 5.81. The lowest BCUT2D eigenvalue weighted by molar-refractivity contribution is -0.127. The average Bonchev–Trinajstić information content (AvgIpc) is 2.75. The Morgan fingerprint density at radius 2 is 1.88 bits per heavy atom. The first-order valence-corrected chi connectivity index (χ1v) is 11.7. The molecule has 174 valence electrons. The molecule has 1 N–H and O–H groups in total. The first-order chi connectivity index (χ1) is 15.2. The number of likely N-dealkylation sites (tertiary alicyclic amines) is 1. The SMILES string of the molecule is COc1cc(C)c([C@H](C)NC(=O)C2CCN(Cc3ccc(Cl)cc3F)CC2)cc1C(C)C. The monoisotopic (exact) mass is 460 g/mol. The minimum atomic E-state index is -0.276. The fraction of sp³-hybridized carbons (Fsp3) is 0.500. The molecule has 0 saturated carbocycles. The number of carbonyl (C=O) groups is 1. The fourth-order valence-corrected chi connectivity index (χ4v) is 4.62. The van der Waals surface area contributed by atoms with E-state index in [1.54, 1.807) is 19.2 Å². The Bertz CT molecular complexity index is 955. The molecule has 3 rings (SSSR count). The predicted octanol–water partition coefficient (Wildman–Crippen LogP) is 6.01. The van der Waals surface area contributed by atoms with Gasteiger partial charge in [-0.1, -0.05) is 31.5 Å². The van der Waals surface area contributed by atoms with E-state index in [2.05, 4.69) is 43.1 Å². The molecule has 2 aromatic rings. The first kappa shape index (κ1) is 24.5. The summed E-state index contributed by atoms with van der Waals surface area (Å²) in [6.45, 7) is 10.5. The van der Waals surface area contributed by atoms with Gasteiger partial charge in [0.15, 0.2) is 0 Å². The zero-order valence-electron chi connectivity index (χ0n) is 19.7. The highest BCUT2D eigenvalue weighted by Crippen LogP contribution is 2.32. The molecule has 0 unspecified atom stereocenters. The standard InChI is InChI=1S/C26H34ClFN2O2/c1-16(2)22-14-23(17(3)12-25(22)32-5)18(4)29-26(31)19-8-10-30(11-9-19)15-20-6-7-21(27)13-24(20)28/h6-7,12-14,16,18-19H,8-11,15H2,1-5H3,(H,29,31)/t18-/m0/s1. The van der Waals surface area contributed by atoms with Gasteiger partial charge in [0.05, 0.1) is 13.2 Å². The third-order valence-electron chi connectivity index (χ3n) is 6.43. The van der Waals surface area contributed by atoms with Gasteiger partial charge < -0.3 is 10.1 Å². The number of halogens is 2. The Kier molecular flexibility index (Phi) is 8.18. The highest BCUT2D eigenvalue weighted by Gasteiger charge is 2.27. The van der Waals surface area contributed by atoms with Crippen LogP contribution in [0, 0.1) is 18.7 Å². The van der Waals surface area contributed by atoms with Crippen molar-refractivity contribution in [2.45, 2.75) is 59.0 Å². The number of hydrogen-bond acceptors (Lipinski definition) is 3. The van der Waals surface area contributed by atoms with Crippen LogP contribution in [-0.2, 0) is 11.3 Å². The Morgan fingerprint density at radius 1 is 1.19 bits per heavy atom. The summed E-state index contributed by atoms with van der Waals surface area (Å²) in [5, 5.41) is 3.62. The van der Waals surface area contributed by atoms with Crippen molar-refractivity contribution < 1.29 is 13.9 Å². The molecule has 1 atom stereocenters. The maximum absolute atomic E-state index is 14.1. The van der Waals surface area contributed by atoms with Crippen molar-refractivity contribution in [1.82, 2.24) is 10.2 Å². The third-order valence-corrected chi connectivity index (χ3v) is 6.67. The number of carbonyl (C=O) groups excluding carboxylic acids is 1. The molecule has 0 aromatic heterocycles. The van der Waals surface area contributed by atoms with E-state index >= 15 is 0 Å². The number of nitrogens with one attached hydrogen (secondary N) is 1. The van der Waals surface area contributed by atoms with E-state index in [0.29, 0.717) is 23.0 Å². The van der Waals surface area contributed by atoms with Crippen molar-refractivity contribution in [3.05, 3.63) is 63.4 Å². The Balaban J connectivity index is 1.58. The molecule has 1 saturated heterocycles. The second kappa shape index (κ2) is 10.7. The fourth-order valence-electron chi connectivity index (χ4n) is 4.46. The minimum Gasteiger partial charge on any atom is -0.496 e. The number of piperidine rings is 1. The van der Waals surface area contributed by atoms with Gasteiger partial charge >= 0.3 is 0 Å². The summed E-state index contributed by atoms with van der Waals surface area (Å²) in [6, 6.07) is 8.94. The van der Waals surface area contributed by atoms with Gasteiger partial charge in [0.25, 0.3) is 0 Å². The van der Waals surface area contributed by atoms with Crippen LogP contribution in [0.3, 0.4) is 0 Å². The number of rotatable bonds is 7. The van der Waals surface area contributed by atoms with E-state index < -0.39 is 0 Å². The first-order valence-electron chi connectivity index (χ1n) is 11.3. The largest absolute Gasteiger partial charge is 0.496 e. The lowest BCUT2D eigenvalue weighted by atomic mass is 9.92. The van der Waals surface area contributed by atoms with E-state index in [0.717, 1.165) is 48.4 Å². The number of benzene rings is 2. The highest BCUT2D eigenvalue weighted by atomic mass is 35.5. The van der Waals surface area contributed by atoms with Crippen molar-refractivity contribution in [2.75, 3.05) is 20.2 Å². The number of aryl methyl sites for hydroxylation is 1. The number of amides is 1. The van der Waals surface area contributed by atoms with E-state index in [1.165, 1.54) is 6.07 Å². The van der Waals surface area contributed by atoms with Crippen LogP contribution in [0.1, 0.15) is 67.8 Å². The Hall–Kier alpha value is -2.11. The normalized spacial score (nSPS) is 16.2. The summed E-state index contributed by atoms with van der Waals surface area (Å²) in [5.74, 6) is 1.02. The van der Waals surface area contributed by atoms with E-state index in [1.807, 2.05) is 6.92 Å². The molecule has 2 aromatic carbocycles. The van der Waals surface area contributed by atoms with Gasteiger partial charge in [-0.25, -0.2) is 4.39 Å². The van der Waals surface area contributed by atoms with Crippen LogP contribution >= 0.6 is 11.6 Å². The van der Waals surface area contributed by atoms with Gasteiger partial charge in [0.1, 0.15) is 11.6 Å².